The zero-order valence-corrected chi connectivity index (χ0v) is 30.7. The van der Waals surface area contributed by atoms with E-state index in [4.69, 9.17) is 9.98 Å². The van der Waals surface area contributed by atoms with Crippen LogP contribution in [0.15, 0.2) is 44.2 Å². The first-order valence-electron chi connectivity index (χ1n) is 16.4. The minimum atomic E-state index is -1.55. The van der Waals surface area contributed by atoms with E-state index in [9.17, 15) is 9.90 Å². The molecule has 7 rings (SSSR count). The van der Waals surface area contributed by atoms with Crippen LogP contribution in [-0.2, 0) is 17.6 Å². The molecule has 44 heavy (non-hydrogen) atoms. The Labute approximate surface area is 272 Å². The SMILES string of the molecule is CC.CCC1=C(C)C2=Cc3c(CC)c(C)c4[n]3[Sn][n]3c(c(C)c(CC)c3=CC3=NC5=C4C=C(C(=O)O)C5(CC)C3C)=CC1=N2. The van der Waals surface area contributed by atoms with Gasteiger partial charge in [0.25, 0.3) is 0 Å². The Morgan fingerprint density at radius 1 is 0.909 bits per heavy atom. The fourth-order valence-electron chi connectivity index (χ4n) is 8.31. The van der Waals surface area contributed by atoms with Crippen molar-refractivity contribution in [3.8, 4) is 0 Å². The molecule has 2 unspecified atom stereocenters. The first kappa shape index (κ1) is 30.9. The molecule has 2 aromatic rings. The van der Waals surface area contributed by atoms with Gasteiger partial charge in [-0.2, -0.15) is 0 Å². The Kier molecular flexibility index (Phi) is 7.75. The standard InChI is InChI=1S/C35H39N4O2.C2H6.Sn/c1-9-21-17(5)27-15-31-23(11-3)19(7)32(38-31)24-13-25(34(40)41)35(12-4)20(8)28(39-33(24)35)16-30-22(10-2)18(6)26(37-30)14-29(21)36-27;1-2;/h13-16,20H,9-12H2,1-8H3,(H2-,36,37,38,39,40,41);1-2H3;/q-1;;+2/p-1. The van der Waals surface area contributed by atoms with Crippen LogP contribution >= 0.6 is 0 Å². The molecule has 2 aromatic heterocycles. The molecule has 2 radical (unpaired) electrons. The van der Waals surface area contributed by atoms with Crippen molar-refractivity contribution in [2.24, 2.45) is 21.3 Å². The predicted molar refractivity (Wildman–Crippen MR) is 184 cm³/mol. The van der Waals surface area contributed by atoms with Gasteiger partial charge in [0, 0.05) is 0 Å². The van der Waals surface area contributed by atoms with E-state index in [2.05, 4.69) is 79.2 Å². The topological polar surface area (TPSA) is 71.9 Å². The van der Waals surface area contributed by atoms with Crippen LogP contribution in [0.1, 0.15) is 102 Å². The number of carboxylic acid groups (broad SMARTS) is 1. The Morgan fingerprint density at radius 3 is 2.23 bits per heavy atom. The van der Waals surface area contributed by atoms with Crippen molar-refractivity contribution in [1.29, 1.82) is 0 Å². The molecule has 4 aliphatic heterocycles. The Morgan fingerprint density at radius 2 is 1.61 bits per heavy atom. The Hall–Kier alpha value is -3.13. The zero-order chi connectivity index (χ0) is 31.8. The van der Waals surface area contributed by atoms with E-state index in [0.717, 1.165) is 53.3 Å². The van der Waals surface area contributed by atoms with Crippen molar-refractivity contribution in [3.05, 3.63) is 78.5 Å². The fraction of sp³-hybridized carbons (Fsp3) is 0.432. The molecule has 228 valence electrons. The van der Waals surface area contributed by atoms with Crippen LogP contribution in [0.2, 0.25) is 0 Å². The number of aliphatic carboxylic acids is 1. The van der Waals surface area contributed by atoms with Gasteiger partial charge >= 0.3 is 259 Å². The number of aromatic nitrogens is 2. The summed E-state index contributed by atoms with van der Waals surface area (Å²) in [5.74, 6) is -0.870. The van der Waals surface area contributed by atoms with Crippen molar-refractivity contribution in [2.75, 3.05) is 0 Å². The van der Waals surface area contributed by atoms with Gasteiger partial charge in [0.15, 0.2) is 0 Å². The third-order valence-corrected chi connectivity index (χ3v) is 14.4. The maximum absolute atomic E-state index is 12.9. The number of hydrogen-bond acceptors (Lipinski definition) is 3. The van der Waals surface area contributed by atoms with Gasteiger partial charge in [0.05, 0.1) is 0 Å². The fourth-order valence-corrected chi connectivity index (χ4v) is 12.7. The molecule has 1 aliphatic carbocycles. The number of allylic oxidation sites excluding steroid dienone is 5. The molecule has 0 saturated carbocycles. The normalized spacial score (nSPS) is 22.5. The van der Waals surface area contributed by atoms with Crippen molar-refractivity contribution < 1.29 is 9.90 Å². The second-order valence-corrected chi connectivity index (χ2v) is 15.3. The molecule has 6 bridgehead atoms. The average molecular weight is 695 g/mol. The van der Waals surface area contributed by atoms with Gasteiger partial charge < -0.3 is 0 Å². The van der Waals surface area contributed by atoms with E-state index in [1.165, 1.54) is 49.8 Å². The third kappa shape index (κ3) is 3.88. The first-order valence-corrected chi connectivity index (χ1v) is 18.9. The number of aliphatic imine (C=N–C) groups is 2. The van der Waals surface area contributed by atoms with E-state index >= 15 is 0 Å². The summed E-state index contributed by atoms with van der Waals surface area (Å²) in [6.07, 6.45) is 12.4. The van der Waals surface area contributed by atoms with Gasteiger partial charge in [-0.1, -0.05) is 13.8 Å². The molecule has 2 atom stereocenters. The van der Waals surface area contributed by atoms with Crippen molar-refractivity contribution in [3.63, 3.8) is 0 Å². The number of carboxylic acids is 1. The maximum atomic E-state index is 12.9. The molecule has 0 spiro atoms. The summed E-state index contributed by atoms with van der Waals surface area (Å²) in [5, 5.41) is 13.1. The number of hydrogen-bond donors (Lipinski definition) is 1. The Bertz CT molecular complexity index is 1970. The second kappa shape index (κ2) is 11.0. The molecule has 6 nitrogen and oxygen atoms in total. The summed E-state index contributed by atoms with van der Waals surface area (Å²) in [5.41, 5.74) is 15.2. The van der Waals surface area contributed by atoms with E-state index in [-0.39, 0.29) is 5.92 Å². The van der Waals surface area contributed by atoms with Gasteiger partial charge in [-0.25, -0.2) is 0 Å². The van der Waals surface area contributed by atoms with Gasteiger partial charge in [-0.3, -0.25) is 0 Å². The van der Waals surface area contributed by atoms with Gasteiger partial charge in [-0.15, -0.1) is 0 Å². The summed E-state index contributed by atoms with van der Waals surface area (Å²) in [6.45, 7) is 21.7. The van der Waals surface area contributed by atoms with E-state index in [0.29, 0.717) is 12.0 Å². The van der Waals surface area contributed by atoms with Crippen LogP contribution in [0.4, 0.5) is 0 Å². The molecule has 0 fully saturated rings. The van der Waals surface area contributed by atoms with E-state index in [1.54, 1.807) is 0 Å². The summed E-state index contributed by atoms with van der Waals surface area (Å²) >= 11 is -1.55. The van der Waals surface area contributed by atoms with E-state index < -0.39 is 33.1 Å². The Balaban J connectivity index is 0.00000168. The zero-order valence-electron chi connectivity index (χ0n) is 27.9. The molecular formula is C37H44N4O2Sn. The predicted octanol–water partition coefficient (Wildman–Crippen LogP) is 6.32. The van der Waals surface area contributed by atoms with Gasteiger partial charge in [0.2, 0.25) is 0 Å². The van der Waals surface area contributed by atoms with Crippen molar-refractivity contribution in [1.82, 2.24) is 5.58 Å². The first-order chi connectivity index (χ1) is 21.1. The number of carbonyl (C=O) groups is 1. The van der Waals surface area contributed by atoms with Crippen LogP contribution in [0.25, 0.3) is 23.8 Å². The average Bonchev–Trinajstić information content (AvgIpc) is 3.73. The monoisotopic (exact) mass is 696 g/mol. The summed E-state index contributed by atoms with van der Waals surface area (Å²) in [7, 11) is 0. The summed E-state index contributed by atoms with van der Waals surface area (Å²) in [4.78, 5) is 23.5. The van der Waals surface area contributed by atoms with Crippen molar-refractivity contribution >= 4 is 62.9 Å². The van der Waals surface area contributed by atoms with Crippen LogP contribution in [0.5, 0.6) is 0 Å². The van der Waals surface area contributed by atoms with Crippen LogP contribution in [0, 0.1) is 25.2 Å². The molecule has 7 heteroatoms. The number of rotatable bonds is 5. The minimum absolute atomic E-state index is 0.0362. The van der Waals surface area contributed by atoms with E-state index in [1.807, 2.05) is 19.9 Å². The van der Waals surface area contributed by atoms with Crippen LogP contribution in [0.3, 0.4) is 0 Å². The van der Waals surface area contributed by atoms with Crippen LogP contribution in [-0.4, -0.2) is 49.8 Å². The molecule has 0 aromatic carbocycles. The second-order valence-electron chi connectivity index (χ2n) is 12.2. The third-order valence-electron chi connectivity index (χ3n) is 10.6. The molecule has 0 amide bonds. The molecule has 1 N–H and O–H groups in total. The molecule has 5 aliphatic rings. The molecular weight excluding hydrogens is 651 g/mol. The number of nitrogens with zero attached hydrogens (tertiary/aromatic N) is 4. The summed E-state index contributed by atoms with van der Waals surface area (Å²) < 4.78 is 5.24. The van der Waals surface area contributed by atoms with Crippen LogP contribution < -0.4 is 10.7 Å². The van der Waals surface area contributed by atoms with Crippen molar-refractivity contribution in [2.45, 2.75) is 94.9 Å². The quantitative estimate of drug-likeness (QED) is 0.372. The molecule has 6 heterocycles. The number of fused-ring (bicyclic) bond motifs is 2. The molecule has 0 saturated heterocycles. The van der Waals surface area contributed by atoms with Gasteiger partial charge in [-0.05, 0) is 0 Å². The summed E-state index contributed by atoms with van der Waals surface area (Å²) in [6, 6.07) is 0. The van der Waals surface area contributed by atoms with Gasteiger partial charge in [0.1, 0.15) is 0 Å².